The van der Waals surface area contributed by atoms with E-state index in [0.717, 1.165) is 5.56 Å². The van der Waals surface area contributed by atoms with Gasteiger partial charge in [-0.05, 0) is 44.4 Å². The molecule has 102 valence electrons. The topological polar surface area (TPSA) is 71.4 Å². The Balaban J connectivity index is 2.51. The number of carboxylic acid groups (broad SMARTS) is 1. The second kappa shape index (κ2) is 4.20. The lowest BCUT2D eigenvalue weighted by Crippen LogP contribution is -2.23. The lowest BCUT2D eigenvalue weighted by atomic mass is 9.84. The lowest BCUT2D eigenvalue weighted by Gasteiger charge is -2.19. The highest BCUT2D eigenvalue weighted by Crippen LogP contribution is 2.40. The number of allylic oxidation sites excluding steroid dienone is 1. The Labute approximate surface area is 112 Å². The van der Waals surface area contributed by atoms with Crippen molar-refractivity contribution in [3.8, 4) is 0 Å². The molecule has 1 aromatic rings. The Morgan fingerprint density at radius 3 is 2.53 bits per heavy atom. The number of aliphatic carboxylic acids is 1. The minimum Gasteiger partial charge on any atom is -0.481 e. The van der Waals surface area contributed by atoms with E-state index in [-0.39, 0.29) is 11.3 Å². The largest absolute Gasteiger partial charge is 0.481 e. The minimum absolute atomic E-state index is 0.192. The number of rotatable bonds is 3. The Kier molecular flexibility index (Phi) is 3.05. The first-order valence-electron chi connectivity index (χ1n) is 5.93. The van der Waals surface area contributed by atoms with Crippen LogP contribution >= 0.6 is 0 Å². The first-order valence-corrected chi connectivity index (χ1v) is 7.48. The zero-order chi connectivity index (χ0) is 14.4. The van der Waals surface area contributed by atoms with Gasteiger partial charge in [0.25, 0.3) is 0 Å². The van der Waals surface area contributed by atoms with Gasteiger partial charge >= 0.3 is 5.97 Å². The van der Waals surface area contributed by atoms with Crippen molar-refractivity contribution in [2.75, 3.05) is 0 Å². The zero-order valence-corrected chi connectivity index (χ0v) is 11.9. The molecule has 2 rings (SSSR count). The average Bonchev–Trinajstić information content (AvgIpc) is 2.49. The fraction of sp³-hybridized carbons (Fsp3) is 0.357. The van der Waals surface area contributed by atoms with E-state index < -0.39 is 21.2 Å². The summed E-state index contributed by atoms with van der Waals surface area (Å²) >= 11 is 0. The van der Waals surface area contributed by atoms with Gasteiger partial charge in [-0.1, -0.05) is 17.7 Å². The van der Waals surface area contributed by atoms with Crippen LogP contribution in [0.4, 0.5) is 0 Å². The standard InChI is InChI=1S/C14H16O4S/c1-9-4-5-12-11(6-9)10(8-19(12,17)18)7-14(2,3)13(15)16/h4-6,8H,7H2,1-3H3,(H,15,16). The molecule has 0 saturated carbocycles. The fourth-order valence-electron chi connectivity index (χ4n) is 2.15. The second-order valence-corrected chi connectivity index (χ2v) is 7.32. The summed E-state index contributed by atoms with van der Waals surface area (Å²) in [6, 6.07) is 5.12. The molecule has 1 heterocycles. The quantitative estimate of drug-likeness (QED) is 0.923. The molecular weight excluding hydrogens is 264 g/mol. The van der Waals surface area contributed by atoms with Gasteiger partial charge in [0.05, 0.1) is 10.3 Å². The molecule has 4 nitrogen and oxygen atoms in total. The van der Waals surface area contributed by atoms with Crippen LogP contribution in [0.5, 0.6) is 0 Å². The number of carboxylic acids is 1. The third kappa shape index (κ3) is 2.42. The molecule has 0 bridgehead atoms. The van der Waals surface area contributed by atoms with Crippen LogP contribution in [-0.4, -0.2) is 19.5 Å². The highest BCUT2D eigenvalue weighted by molar-refractivity contribution is 7.95. The van der Waals surface area contributed by atoms with Crippen LogP contribution in [0.1, 0.15) is 31.4 Å². The van der Waals surface area contributed by atoms with Gasteiger partial charge in [-0.2, -0.15) is 0 Å². The number of aryl methyl sites for hydroxylation is 1. The Bertz CT molecular complexity index is 681. The first kappa shape index (κ1) is 13.8. The van der Waals surface area contributed by atoms with Gasteiger partial charge in [0.1, 0.15) is 0 Å². The summed E-state index contributed by atoms with van der Waals surface area (Å²) in [5.41, 5.74) is 1.17. The van der Waals surface area contributed by atoms with Gasteiger partial charge in [0.2, 0.25) is 9.84 Å². The lowest BCUT2D eigenvalue weighted by molar-refractivity contribution is -0.146. The maximum Gasteiger partial charge on any atom is 0.309 e. The van der Waals surface area contributed by atoms with Crippen LogP contribution in [0, 0.1) is 12.3 Å². The van der Waals surface area contributed by atoms with E-state index in [1.165, 1.54) is 5.41 Å². The third-order valence-corrected chi connectivity index (χ3v) is 4.86. The molecule has 0 radical (unpaired) electrons. The molecule has 0 aromatic heterocycles. The third-order valence-electron chi connectivity index (χ3n) is 3.30. The maximum absolute atomic E-state index is 12.0. The average molecular weight is 280 g/mol. The monoisotopic (exact) mass is 280 g/mol. The van der Waals surface area contributed by atoms with E-state index in [2.05, 4.69) is 0 Å². The molecule has 0 spiro atoms. The minimum atomic E-state index is -3.42. The Morgan fingerprint density at radius 2 is 1.95 bits per heavy atom. The number of fused-ring (bicyclic) bond motifs is 1. The number of hydrogen-bond donors (Lipinski definition) is 1. The van der Waals surface area contributed by atoms with Crippen LogP contribution in [-0.2, 0) is 14.6 Å². The van der Waals surface area contributed by atoms with Gasteiger partial charge in [-0.15, -0.1) is 0 Å². The van der Waals surface area contributed by atoms with Crippen molar-refractivity contribution in [2.24, 2.45) is 5.41 Å². The first-order chi connectivity index (χ1) is 8.63. The molecule has 1 N–H and O–H groups in total. The second-order valence-electron chi connectivity index (χ2n) is 5.55. The van der Waals surface area contributed by atoms with E-state index in [0.29, 0.717) is 11.1 Å². The Hall–Kier alpha value is -1.62. The van der Waals surface area contributed by atoms with Crippen molar-refractivity contribution in [1.29, 1.82) is 0 Å². The SMILES string of the molecule is Cc1ccc2c(c1)C(CC(C)(C)C(=O)O)=CS2(=O)=O. The smallest absolute Gasteiger partial charge is 0.309 e. The summed E-state index contributed by atoms with van der Waals surface area (Å²) in [7, 11) is -3.42. The molecule has 0 atom stereocenters. The Morgan fingerprint density at radius 1 is 1.32 bits per heavy atom. The van der Waals surface area contributed by atoms with Crippen molar-refractivity contribution in [3.63, 3.8) is 0 Å². The predicted octanol–water partition coefficient (Wildman–Crippen LogP) is 2.62. The molecule has 5 heteroatoms. The number of benzene rings is 1. The van der Waals surface area contributed by atoms with E-state index in [4.69, 9.17) is 5.11 Å². The van der Waals surface area contributed by atoms with Gasteiger partial charge < -0.3 is 5.11 Å². The number of hydrogen-bond acceptors (Lipinski definition) is 3. The molecule has 19 heavy (non-hydrogen) atoms. The van der Waals surface area contributed by atoms with Gasteiger partial charge in [-0.3, -0.25) is 4.79 Å². The predicted molar refractivity (Wildman–Crippen MR) is 72.4 cm³/mol. The molecule has 1 aromatic carbocycles. The van der Waals surface area contributed by atoms with E-state index in [1.807, 2.05) is 6.92 Å². The molecule has 1 aliphatic heterocycles. The maximum atomic E-state index is 12.0. The zero-order valence-electron chi connectivity index (χ0n) is 11.1. The fourth-order valence-corrected chi connectivity index (χ4v) is 3.61. The van der Waals surface area contributed by atoms with E-state index >= 15 is 0 Å². The summed E-state index contributed by atoms with van der Waals surface area (Å²) in [6.45, 7) is 5.07. The van der Waals surface area contributed by atoms with Crippen molar-refractivity contribution < 1.29 is 18.3 Å². The molecule has 0 amide bonds. The molecule has 1 aliphatic rings. The van der Waals surface area contributed by atoms with Crippen molar-refractivity contribution in [1.82, 2.24) is 0 Å². The molecule has 0 fully saturated rings. The van der Waals surface area contributed by atoms with Crippen LogP contribution < -0.4 is 0 Å². The molecular formula is C14H16O4S. The number of sulfone groups is 1. The molecule has 0 aliphatic carbocycles. The van der Waals surface area contributed by atoms with Crippen molar-refractivity contribution >= 4 is 21.4 Å². The summed E-state index contributed by atoms with van der Waals surface area (Å²) in [6.07, 6.45) is 0.192. The van der Waals surface area contributed by atoms with Crippen LogP contribution in [0.2, 0.25) is 0 Å². The summed E-state index contributed by atoms with van der Waals surface area (Å²) < 4.78 is 24.0. The van der Waals surface area contributed by atoms with E-state index in [1.54, 1.807) is 32.0 Å². The van der Waals surface area contributed by atoms with Crippen molar-refractivity contribution in [3.05, 3.63) is 34.7 Å². The van der Waals surface area contributed by atoms with Crippen LogP contribution in [0.15, 0.2) is 28.5 Å². The van der Waals surface area contributed by atoms with Gasteiger partial charge in [0, 0.05) is 5.41 Å². The summed E-state index contributed by atoms with van der Waals surface area (Å²) in [5, 5.41) is 10.4. The van der Waals surface area contributed by atoms with E-state index in [9.17, 15) is 13.2 Å². The van der Waals surface area contributed by atoms with Gasteiger partial charge in [0.15, 0.2) is 0 Å². The summed E-state index contributed by atoms with van der Waals surface area (Å²) in [4.78, 5) is 11.4. The molecule has 0 saturated heterocycles. The van der Waals surface area contributed by atoms with Gasteiger partial charge in [-0.25, -0.2) is 8.42 Å². The highest BCUT2D eigenvalue weighted by Gasteiger charge is 2.34. The normalized spacial score (nSPS) is 16.9. The summed E-state index contributed by atoms with van der Waals surface area (Å²) in [5.74, 6) is -0.938. The molecule has 0 unspecified atom stereocenters. The van der Waals surface area contributed by atoms with Crippen LogP contribution in [0.25, 0.3) is 5.57 Å². The van der Waals surface area contributed by atoms with Crippen molar-refractivity contribution in [2.45, 2.75) is 32.1 Å². The van der Waals surface area contributed by atoms with Crippen LogP contribution in [0.3, 0.4) is 0 Å². The highest BCUT2D eigenvalue weighted by atomic mass is 32.2. The number of carbonyl (C=O) groups is 1.